The number of hydrogen-bond donors (Lipinski definition) is 2. The van der Waals surface area contributed by atoms with Crippen LogP contribution in [0.25, 0.3) is 11.1 Å². The van der Waals surface area contributed by atoms with Crippen molar-refractivity contribution in [2.24, 2.45) is 11.8 Å². The number of ether oxygens (including phenoxy) is 2. The van der Waals surface area contributed by atoms with Crippen LogP contribution in [0.1, 0.15) is 35.8 Å². The minimum absolute atomic E-state index is 0.00633. The molecule has 0 bridgehead atoms. The predicted octanol–water partition coefficient (Wildman–Crippen LogP) is 6.86. The van der Waals surface area contributed by atoms with E-state index in [1.807, 2.05) is 72.8 Å². The molecule has 0 spiro atoms. The van der Waals surface area contributed by atoms with E-state index in [1.165, 1.54) is 11.1 Å². The third kappa shape index (κ3) is 5.30. The Balaban J connectivity index is 1.13. The smallest absolute Gasteiger partial charge is 0.228 e. The van der Waals surface area contributed by atoms with Crippen molar-refractivity contribution in [1.82, 2.24) is 0 Å². The number of rotatable bonds is 9. The third-order valence-corrected chi connectivity index (χ3v) is 7.96. The van der Waals surface area contributed by atoms with Crippen molar-refractivity contribution in [2.45, 2.75) is 24.7 Å². The van der Waals surface area contributed by atoms with Gasteiger partial charge in [-0.15, -0.1) is 0 Å². The average molecular weight is 533 g/mol. The summed E-state index contributed by atoms with van der Waals surface area (Å²) in [5.74, 6) is 1.65. The van der Waals surface area contributed by atoms with Crippen LogP contribution in [0.2, 0.25) is 0 Å². The number of carbonyl (C=O) groups excluding carboxylic acids is 2. The van der Waals surface area contributed by atoms with Gasteiger partial charge in [0.25, 0.3) is 0 Å². The first-order valence-corrected chi connectivity index (χ1v) is 13.6. The zero-order valence-corrected chi connectivity index (χ0v) is 22.6. The van der Waals surface area contributed by atoms with E-state index < -0.39 is 0 Å². The lowest BCUT2D eigenvalue weighted by Crippen LogP contribution is -2.15. The largest absolute Gasteiger partial charge is 0.495 e. The molecule has 0 aliphatic heterocycles. The predicted molar refractivity (Wildman–Crippen MR) is 157 cm³/mol. The Morgan fingerprint density at radius 1 is 0.600 bits per heavy atom. The zero-order valence-electron chi connectivity index (χ0n) is 22.6. The van der Waals surface area contributed by atoms with Crippen LogP contribution >= 0.6 is 0 Å². The Hall–Kier alpha value is -4.58. The van der Waals surface area contributed by atoms with Crippen LogP contribution in [0.3, 0.4) is 0 Å². The quantitative estimate of drug-likeness (QED) is 0.247. The molecule has 2 amide bonds. The minimum Gasteiger partial charge on any atom is -0.495 e. The van der Waals surface area contributed by atoms with Gasteiger partial charge in [0, 0.05) is 11.8 Å². The highest BCUT2D eigenvalue weighted by molar-refractivity contribution is 5.98. The second kappa shape index (κ2) is 10.9. The van der Waals surface area contributed by atoms with Gasteiger partial charge in [-0.05, 0) is 71.2 Å². The summed E-state index contributed by atoms with van der Waals surface area (Å²) in [5, 5.41) is 6.10. The summed E-state index contributed by atoms with van der Waals surface area (Å²) in [7, 11) is 3.19. The van der Waals surface area contributed by atoms with E-state index in [-0.39, 0.29) is 35.5 Å². The SMILES string of the molecule is COc1cc(-c2ccc(NC(=O)C3CC3c3ccccc3)c(OC)c2)ccc1NC(=O)C1CC1c1ccccc1. The van der Waals surface area contributed by atoms with E-state index >= 15 is 0 Å². The van der Waals surface area contributed by atoms with Gasteiger partial charge < -0.3 is 20.1 Å². The molecule has 2 fully saturated rings. The molecule has 6 nitrogen and oxygen atoms in total. The highest BCUT2D eigenvalue weighted by Gasteiger charge is 2.44. The minimum atomic E-state index is -0.0302. The standard InChI is InChI=1S/C34H32N2O4/c1-39-31-17-23(13-15-29(31)35-33(37)27-19-25(27)21-9-5-3-6-10-21)24-14-16-30(32(18-24)40-2)36-34(38)28-20-26(28)22-11-7-4-8-12-22/h3-18,25-28H,19-20H2,1-2H3,(H,35,37)(H,36,38). The van der Waals surface area contributed by atoms with Gasteiger partial charge in [0.1, 0.15) is 11.5 Å². The Labute approximate surface area is 234 Å². The molecule has 4 atom stereocenters. The van der Waals surface area contributed by atoms with Crippen molar-refractivity contribution in [3.63, 3.8) is 0 Å². The van der Waals surface area contributed by atoms with Crippen LogP contribution < -0.4 is 20.1 Å². The van der Waals surface area contributed by atoms with Crippen LogP contribution in [-0.4, -0.2) is 26.0 Å². The summed E-state index contributed by atoms with van der Waals surface area (Å²) < 4.78 is 11.3. The second-order valence-corrected chi connectivity index (χ2v) is 10.5. The Bertz CT molecular complexity index is 1420. The number of carbonyl (C=O) groups is 2. The highest BCUT2D eigenvalue weighted by Crippen LogP contribution is 2.49. The van der Waals surface area contributed by atoms with Gasteiger partial charge in [0.2, 0.25) is 11.8 Å². The van der Waals surface area contributed by atoms with Crippen molar-refractivity contribution in [3.8, 4) is 22.6 Å². The molecule has 40 heavy (non-hydrogen) atoms. The van der Waals surface area contributed by atoms with Crippen molar-refractivity contribution in [3.05, 3.63) is 108 Å². The lowest BCUT2D eigenvalue weighted by molar-refractivity contribution is -0.118. The lowest BCUT2D eigenvalue weighted by Gasteiger charge is -2.15. The summed E-state index contributed by atoms with van der Waals surface area (Å²) >= 11 is 0. The van der Waals surface area contributed by atoms with E-state index in [0.717, 1.165) is 24.0 Å². The van der Waals surface area contributed by atoms with Crippen molar-refractivity contribution in [1.29, 1.82) is 0 Å². The topological polar surface area (TPSA) is 76.7 Å². The summed E-state index contributed by atoms with van der Waals surface area (Å²) in [4.78, 5) is 25.9. The number of benzene rings is 4. The number of hydrogen-bond acceptors (Lipinski definition) is 4. The maximum absolute atomic E-state index is 12.9. The van der Waals surface area contributed by atoms with Gasteiger partial charge in [-0.1, -0.05) is 72.8 Å². The third-order valence-electron chi connectivity index (χ3n) is 7.96. The molecule has 4 unspecified atom stereocenters. The van der Waals surface area contributed by atoms with Gasteiger partial charge in [0.05, 0.1) is 25.6 Å². The number of methoxy groups -OCH3 is 2. The Kier molecular flexibility index (Phi) is 6.99. The molecule has 6 rings (SSSR count). The van der Waals surface area contributed by atoms with E-state index in [0.29, 0.717) is 22.9 Å². The molecule has 0 aromatic heterocycles. The molecule has 202 valence electrons. The molecule has 4 aromatic rings. The fraction of sp³-hybridized carbons (Fsp3) is 0.235. The van der Waals surface area contributed by atoms with Crippen LogP contribution in [0.5, 0.6) is 11.5 Å². The van der Waals surface area contributed by atoms with Crippen LogP contribution in [-0.2, 0) is 9.59 Å². The van der Waals surface area contributed by atoms with Gasteiger partial charge in [-0.25, -0.2) is 0 Å². The molecule has 4 aromatic carbocycles. The molecule has 2 aliphatic rings. The number of amides is 2. The second-order valence-electron chi connectivity index (χ2n) is 10.5. The normalized spacial score (nSPS) is 20.8. The summed E-state index contributed by atoms with van der Waals surface area (Å²) in [6.45, 7) is 0. The van der Waals surface area contributed by atoms with Crippen LogP contribution in [0.4, 0.5) is 11.4 Å². The molecule has 0 radical (unpaired) electrons. The van der Waals surface area contributed by atoms with Crippen molar-refractivity contribution >= 4 is 23.2 Å². The first kappa shape index (κ1) is 25.7. The zero-order chi connectivity index (χ0) is 27.6. The van der Waals surface area contributed by atoms with E-state index in [9.17, 15) is 9.59 Å². The number of nitrogens with one attached hydrogen (secondary N) is 2. The van der Waals surface area contributed by atoms with Gasteiger partial charge >= 0.3 is 0 Å². The van der Waals surface area contributed by atoms with Gasteiger partial charge in [-0.3, -0.25) is 9.59 Å². The molecule has 0 saturated heterocycles. The molecule has 2 aliphatic carbocycles. The van der Waals surface area contributed by atoms with Crippen LogP contribution in [0.15, 0.2) is 97.1 Å². The number of anilines is 2. The maximum Gasteiger partial charge on any atom is 0.228 e. The Morgan fingerprint density at radius 2 is 1.00 bits per heavy atom. The van der Waals surface area contributed by atoms with Crippen LogP contribution in [0, 0.1) is 11.8 Å². The maximum atomic E-state index is 12.9. The average Bonchev–Trinajstić information content (AvgIpc) is 3.93. The molecular weight excluding hydrogens is 500 g/mol. The summed E-state index contributed by atoms with van der Waals surface area (Å²) in [6.07, 6.45) is 1.71. The monoisotopic (exact) mass is 532 g/mol. The summed E-state index contributed by atoms with van der Waals surface area (Å²) in [5.41, 5.74) is 5.50. The molecule has 6 heteroatoms. The van der Waals surface area contributed by atoms with Gasteiger partial charge in [-0.2, -0.15) is 0 Å². The fourth-order valence-electron chi connectivity index (χ4n) is 5.51. The van der Waals surface area contributed by atoms with Crippen molar-refractivity contribution < 1.29 is 19.1 Å². The van der Waals surface area contributed by atoms with E-state index in [1.54, 1.807) is 14.2 Å². The first-order valence-electron chi connectivity index (χ1n) is 13.6. The molecule has 2 saturated carbocycles. The first-order chi connectivity index (χ1) is 19.6. The van der Waals surface area contributed by atoms with E-state index in [2.05, 4.69) is 34.9 Å². The molecular formula is C34H32N2O4. The Morgan fingerprint density at radius 3 is 1.38 bits per heavy atom. The van der Waals surface area contributed by atoms with Crippen molar-refractivity contribution in [2.75, 3.05) is 24.9 Å². The highest BCUT2D eigenvalue weighted by atomic mass is 16.5. The van der Waals surface area contributed by atoms with Gasteiger partial charge in [0.15, 0.2) is 0 Å². The molecule has 0 heterocycles. The molecule has 2 N–H and O–H groups in total. The fourth-order valence-corrected chi connectivity index (χ4v) is 5.51. The lowest BCUT2D eigenvalue weighted by atomic mass is 10.0. The summed E-state index contributed by atoms with van der Waals surface area (Å²) in [6, 6.07) is 31.7. The van der Waals surface area contributed by atoms with E-state index in [4.69, 9.17) is 9.47 Å².